The Kier molecular flexibility index (Phi) is 1.94. The quantitative estimate of drug-likeness (QED) is 0.486. The average Bonchev–Trinajstić information content (AvgIpc) is 2.12. The molecule has 0 amide bonds. The van der Waals surface area contributed by atoms with Crippen molar-refractivity contribution in [3.63, 3.8) is 0 Å². The third-order valence-corrected chi connectivity index (χ3v) is 2.82. The van der Waals surface area contributed by atoms with Crippen molar-refractivity contribution in [2.24, 2.45) is 0 Å². The van der Waals surface area contributed by atoms with Crippen LogP contribution in [0.25, 0.3) is 0 Å². The molecule has 0 aromatic rings. The summed E-state index contributed by atoms with van der Waals surface area (Å²) >= 11 is 0. The van der Waals surface area contributed by atoms with E-state index in [1.165, 1.54) is 44.9 Å². The normalized spacial score (nSPS) is 40.8. The molecule has 1 radical (unpaired) electrons. The first kappa shape index (κ1) is 6.66. The van der Waals surface area contributed by atoms with E-state index in [4.69, 9.17) is 5.32 Å². The molecule has 0 saturated carbocycles. The van der Waals surface area contributed by atoms with Crippen molar-refractivity contribution in [1.29, 1.82) is 0 Å². The first-order valence-electron chi connectivity index (χ1n) is 4.65. The van der Waals surface area contributed by atoms with E-state index in [2.05, 4.69) is 0 Å². The number of hydrogen-bond acceptors (Lipinski definition) is 0. The molecule has 0 N–H and O–H groups in total. The van der Waals surface area contributed by atoms with Gasteiger partial charge < -0.3 is 0 Å². The van der Waals surface area contributed by atoms with Crippen LogP contribution in [-0.2, 0) is 0 Å². The highest BCUT2D eigenvalue weighted by Crippen LogP contribution is 2.25. The SMILES string of the molecule is C1CCC2CCCC(C1)[N]2. The van der Waals surface area contributed by atoms with Gasteiger partial charge in [-0.3, -0.25) is 0 Å². The van der Waals surface area contributed by atoms with Crippen LogP contribution in [-0.4, -0.2) is 12.1 Å². The van der Waals surface area contributed by atoms with Crippen LogP contribution in [0.15, 0.2) is 0 Å². The first-order valence-corrected chi connectivity index (χ1v) is 4.65. The predicted octanol–water partition coefficient (Wildman–Crippen LogP) is 2.09. The van der Waals surface area contributed by atoms with Crippen LogP contribution in [0.5, 0.6) is 0 Å². The largest absolute Gasteiger partial charge is 0.235 e. The molecule has 0 aromatic carbocycles. The second-order valence-corrected chi connectivity index (χ2v) is 3.67. The second-order valence-electron chi connectivity index (χ2n) is 3.67. The molecule has 0 aromatic heterocycles. The van der Waals surface area contributed by atoms with Crippen molar-refractivity contribution < 1.29 is 0 Å². The fourth-order valence-electron chi connectivity index (χ4n) is 2.23. The van der Waals surface area contributed by atoms with E-state index in [-0.39, 0.29) is 0 Å². The van der Waals surface area contributed by atoms with E-state index in [9.17, 15) is 0 Å². The lowest BCUT2D eigenvalue weighted by atomic mass is 9.98. The summed E-state index contributed by atoms with van der Waals surface area (Å²) < 4.78 is 0. The lowest BCUT2D eigenvalue weighted by Crippen LogP contribution is -2.34. The van der Waals surface area contributed by atoms with E-state index >= 15 is 0 Å². The summed E-state index contributed by atoms with van der Waals surface area (Å²) in [4.78, 5) is 0. The molecule has 57 valence electrons. The summed E-state index contributed by atoms with van der Waals surface area (Å²) in [6.45, 7) is 0. The summed E-state index contributed by atoms with van der Waals surface area (Å²) in [6, 6.07) is 1.53. The van der Waals surface area contributed by atoms with Gasteiger partial charge in [-0.25, -0.2) is 5.32 Å². The Morgan fingerprint density at radius 1 is 0.700 bits per heavy atom. The van der Waals surface area contributed by atoms with Gasteiger partial charge in [0.15, 0.2) is 0 Å². The molecule has 1 nitrogen and oxygen atoms in total. The van der Waals surface area contributed by atoms with Crippen LogP contribution in [0.3, 0.4) is 0 Å². The summed E-state index contributed by atoms with van der Waals surface area (Å²) in [7, 11) is 0. The van der Waals surface area contributed by atoms with Crippen molar-refractivity contribution in [2.75, 3.05) is 0 Å². The van der Waals surface area contributed by atoms with Gasteiger partial charge in [0.05, 0.1) is 0 Å². The zero-order chi connectivity index (χ0) is 6.81. The highest BCUT2D eigenvalue weighted by Gasteiger charge is 2.24. The first-order chi connectivity index (χ1) is 4.95. The van der Waals surface area contributed by atoms with Crippen molar-refractivity contribution in [2.45, 2.75) is 57.0 Å². The molecule has 2 unspecified atom stereocenters. The van der Waals surface area contributed by atoms with Crippen molar-refractivity contribution in [3.05, 3.63) is 0 Å². The zero-order valence-corrected chi connectivity index (χ0v) is 6.55. The number of fused-ring (bicyclic) bond motifs is 2. The topological polar surface area (TPSA) is 14.1 Å². The minimum atomic E-state index is 0.765. The van der Waals surface area contributed by atoms with Crippen LogP contribution in [0.1, 0.15) is 44.9 Å². The standard InChI is InChI=1S/C9H16N/c1-2-5-9-7-3-6-8(4-1)10-9/h8-9H,1-7H2. The Morgan fingerprint density at radius 3 is 1.80 bits per heavy atom. The Labute approximate surface area is 63.2 Å². The van der Waals surface area contributed by atoms with E-state index in [1.54, 1.807) is 0 Å². The van der Waals surface area contributed by atoms with Gasteiger partial charge in [-0.1, -0.05) is 19.3 Å². The van der Waals surface area contributed by atoms with Gasteiger partial charge in [-0.05, 0) is 25.7 Å². The van der Waals surface area contributed by atoms with Crippen LogP contribution < -0.4 is 5.32 Å². The molecule has 10 heavy (non-hydrogen) atoms. The second kappa shape index (κ2) is 2.91. The number of rotatable bonds is 0. The van der Waals surface area contributed by atoms with E-state index in [0.717, 1.165) is 12.1 Å². The van der Waals surface area contributed by atoms with Crippen molar-refractivity contribution >= 4 is 0 Å². The van der Waals surface area contributed by atoms with Crippen molar-refractivity contribution in [3.8, 4) is 0 Å². The third-order valence-electron chi connectivity index (χ3n) is 2.82. The fraction of sp³-hybridized carbons (Fsp3) is 1.00. The molecule has 2 heterocycles. The van der Waals surface area contributed by atoms with Gasteiger partial charge >= 0.3 is 0 Å². The number of piperidine rings is 1. The fourth-order valence-corrected chi connectivity index (χ4v) is 2.23. The predicted molar refractivity (Wildman–Crippen MR) is 42.0 cm³/mol. The summed E-state index contributed by atoms with van der Waals surface area (Å²) in [5, 5.41) is 4.78. The van der Waals surface area contributed by atoms with E-state index in [0.29, 0.717) is 0 Å². The summed E-state index contributed by atoms with van der Waals surface area (Å²) in [5.74, 6) is 0. The molecular weight excluding hydrogens is 122 g/mol. The smallest absolute Gasteiger partial charge is 0.0249 e. The maximum absolute atomic E-state index is 4.78. The molecular formula is C9H16N. The maximum Gasteiger partial charge on any atom is 0.0249 e. The Balaban J connectivity index is 1.96. The minimum absolute atomic E-state index is 0.765. The summed E-state index contributed by atoms with van der Waals surface area (Å²) in [5.41, 5.74) is 0. The molecule has 1 heteroatoms. The average molecular weight is 138 g/mol. The zero-order valence-electron chi connectivity index (χ0n) is 6.55. The maximum atomic E-state index is 4.78. The highest BCUT2D eigenvalue weighted by atomic mass is 15.0. The van der Waals surface area contributed by atoms with Crippen LogP contribution >= 0.6 is 0 Å². The van der Waals surface area contributed by atoms with Gasteiger partial charge in [0.1, 0.15) is 0 Å². The van der Waals surface area contributed by atoms with Gasteiger partial charge in [0.2, 0.25) is 0 Å². The Bertz CT molecular complexity index is 99.3. The minimum Gasteiger partial charge on any atom is -0.235 e. The van der Waals surface area contributed by atoms with Crippen molar-refractivity contribution in [1.82, 2.24) is 5.32 Å². The molecule has 2 rings (SSSR count). The van der Waals surface area contributed by atoms with E-state index < -0.39 is 0 Å². The molecule has 0 aliphatic carbocycles. The molecule has 2 fully saturated rings. The molecule has 2 bridgehead atoms. The lowest BCUT2D eigenvalue weighted by molar-refractivity contribution is 0.316. The van der Waals surface area contributed by atoms with Crippen LogP contribution in [0.4, 0.5) is 0 Å². The van der Waals surface area contributed by atoms with Crippen LogP contribution in [0, 0.1) is 0 Å². The number of nitrogens with zero attached hydrogens (tertiary/aromatic N) is 1. The highest BCUT2D eigenvalue weighted by molar-refractivity contribution is 4.82. The molecule has 2 aliphatic rings. The Morgan fingerprint density at radius 2 is 1.20 bits per heavy atom. The third kappa shape index (κ3) is 1.34. The molecule has 0 spiro atoms. The van der Waals surface area contributed by atoms with Gasteiger partial charge in [0.25, 0.3) is 0 Å². The van der Waals surface area contributed by atoms with Gasteiger partial charge in [-0.2, -0.15) is 0 Å². The molecule has 2 aliphatic heterocycles. The summed E-state index contributed by atoms with van der Waals surface area (Å²) in [6.07, 6.45) is 9.86. The van der Waals surface area contributed by atoms with Gasteiger partial charge in [0, 0.05) is 12.1 Å². The molecule has 2 atom stereocenters. The number of hydrogen-bond donors (Lipinski definition) is 0. The lowest BCUT2D eigenvalue weighted by Gasteiger charge is -2.25. The molecule has 2 saturated heterocycles. The monoisotopic (exact) mass is 138 g/mol. The van der Waals surface area contributed by atoms with Gasteiger partial charge in [-0.15, -0.1) is 0 Å². The Hall–Kier alpha value is -0.0400. The van der Waals surface area contributed by atoms with Crippen LogP contribution in [0.2, 0.25) is 0 Å². The van der Waals surface area contributed by atoms with E-state index in [1.807, 2.05) is 0 Å².